The van der Waals surface area contributed by atoms with E-state index in [1.165, 1.54) is 18.3 Å². The van der Waals surface area contributed by atoms with Gasteiger partial charge in [0.15, 0.2) is 0 Å². The van der Waals surface area contributed by atoms with E-state index in [0.29, 0.717) is 29.0 Å². The molecule has 0 unspecified atom stereocenters. The molecule has 0 amide bonds. The standard InChI is InChI=1S/C29H20ClFN4O/c30-26-15-22(9-11-27(26)31)35-29-20(16-32)18-34-28-12-10-21(14-25(28)29)33-17-19-5-4-8-24(13-19)36-23-6-2-1-3-7-23/h1-15,18,33H,17H2,(H,34,35). The lowest BCUT2D eigenvalue weighted by Crippen LogP contribution is -2.01. The SMILES string of the molecule is N#Cc1cnc2ccc(NCc3cccc(Oc4ccccc4)c3)cc2c1Nc1ccc(F)c(Cl)c1. The smallest absolute Gasteiger partial charge is 0.141 e. The van der Waals surface area contributed by atoms with E-state index in [9.17, 15) is 9.65 Å². The number of aromatic nitrogens is 1. The van der Waals surface area contributed by atoms with E-state index in [-0.39, 0.29) is 5.02 Å². The van der Waals surface area contributed by atoms with Crippen LogP contribution in [-0.2, 0) is 6.54 Å². The van der Waals surface area contributed by atoms with Crippen LogP contribution in [0, 0.1) is 17.1 Å². The summed E-state index contributed by atoms with van der Waals surface area (Å²) in [6, 6.07) is 29.8. The summed E-state index contributed by atoms with van der Waals surface area (Å²) >= 11 is 5.94. The van der Waals surface area contributed by atoms with Gasteiger partial charge in [-0.25, -0.2) is 4.39 Å². The van der Waals surface area contributed by atoms with E-state index in [0.717, 1.165) is 28.1 Å². The largest absolute Gasteiger partial charge is 0.457 e. The number of benzene rings is 4. The Morgan fingerprint density at radius 1 is 0.889 bits per heavy atom. The van der Waals surface area contributed by atoms with Crippen LogP contribution in [0.3, 0.4) is 0 Å². The van der Waals surface area contributed by atoms with E-state index in [2.05, 4.69) is 21.7 Å². The maximum absolute atomic E-state index is 13.6. The molecular formula is C29H20ClFN4O. The zero-order valence-electron chi connectivity index (χ0n) is 19.0. The van der Waals surface area contributed by atoms with E-state index >= 15 is 0 Å². The van der Waals surface area contributed by atoms with E-state index in [1.54, 1.807) is 6.07 Å². The molecule has 0 atom stereocenters. The molecule has 1 aromatic heterocycles. The Bertz CT molecular complexity index is 1580. The van der Waals surface area contributed by atoms with Crippen molar-refractivity contribution in [2.24, 2.45) is 0 Å². The molecule has 0 bridgehead atoms. The minimum Gasteiger partial charge on any atom is -0.457 e. The molecule has 0 fully saturated rings. The number of halogens is 2. The van der Waals surface area contributed by atoms with Crippen molar-refractivity contribution < 1.29 is 9.13 Å². The molecule has 5 aromatic rings. The minimum atomic E-state index is -0.507. The number of nitrogens with zero attached hydrogens (tertiary/aromatic N) is 2. The molecule has 0 spiro atoms. The van der Waals surface area contributed by atoms with Crippen LogP contribution in [0.2, 0.25) is 5.02 Å². The predicted molar refractivity (Wildman–Crippen MR) is 141 cm³/mol. The van der Waals surface area contributed by atoms with E-state index < -0.39 is 5.82 Å². The Kier molecular flexibility index (Phi) is 6.65. The fourth-order valence-corrected chi connectivity index (χ4v) is 3.97. The second-order valence-corrected chi connectivity index (χ2v) is 8.47. The molecule has 0 saturated carbocycles. The molecule has 0 saturated heterocycles. The lowest BCUT2D eigenvalue weighted by Gasteiger charge is -2.14. The molecule has 2 N–H and O–H groups in total. The summed E-state index contributed by atoms with van der Waals surface area (Å²) in [5.74, 6) is 1.03. The lowest BCUT2D eigenvalue weighted by molar-refractivity contribution is 0.482. The summed E-state index contributed by atoms with van der Waals surface area (Å²) < 4.78 is 19.5. The molecule has 5 rings (SSSR count). The number of anilines is 3. The fourth-order valence-electron chi connectivity index (χ4n) is 3.79. The van der Waals surface area contributed by atoms with E-state index in [1.807, 2.05) is 72.8 Å². The van der Waals surface area contributed by atoms with Crippen LogP contribution in [0.4, 0.5) is 21.5 Å². The maximum atomic E-state index is 13.6. The molecule has 0 radical (unpaired) electrons. The van der Waals surface area contributed by atoms with Crippen LogP contribution in [-0.4, -0.2) is 4.98 Å². The van der Waals surface area contributed by atoms with Crippen molar-refractivity contribution in [2.45, 2.75) is 6.54 Å². The van der Waals surface area contributed by atoms with Crippen molar-refractivity contribution in [1.82, 2.24) is 4.98 Å². The van der Waals surface area contributed by atoms with Crippen molar-refractivity contribution in [1.29, 1.82) is 5.26 Å². The molecule has 1 heterocycles. The zero-order chi connectivity index (χ0) is 24.9. The van der Waals surface area contributed by atoms with Gasteiger partial charge in [0.2, 0.25) is 0 Å². The summed E-state index contributed by atoms with van der Waals surface area (Å²) in [6.07, 6.45) is 1.52. The van der Waals surface area contributed by atoms with Crippen LogP contribution >= 0.6 is 11.6 Å². The highest BCUT2D eigenvalue weighted by molar-refractivity contribution is 6.31. The number of hydrogen-bond acceptors (Lipinski definition) is 5. The van der Waals surface area contributed by atoms with Crippen molar-refractivity contribution in [3.63, 3.8) is 0 Å². The Labute approximate surface area is 212 Å². The molecule has 0 aliphatic heterocycles. The Hall–Kier alpha value is -4.60. The number of hydrogen-bond donors (Lipinski definition) is 2. The Morgan fingerprint density at radius 3 is 2.50 bits per heavy atom. The summed E-state index contributed by atoms with van der Waals surface area (Å²) in [4.78, 5) is 4.40. The third kappa shape index (κ3) is 5.22. The van der Waals surface area contributed by atoms with Crippen molar-refractivity contribution in [2.75, 3.05) is 10.6 Å². The first-order valence-electron chi connectivity index (χ1n) is 11.2. The molecular weight excluding hydrogens is 475 g/mol. The van der Waals surface area contributed by atoms with Gasteiger partial charge in [0.25, 0.3) is 0 Å². The first-order chi connectivity index (χ1) is 17.6. The number of rotatable bonds is 7. The lowest BCUT2D eigenvalue weighted by atomic mass is 10.1. The molecule has 5 nitrogen and oxygen atoms in total. The maximum Gasteiger partial charge on any atom is 0.141 e. The number of pyridine rings is 1. The summed E-state index contributed by atoms with van der Waals surface area (Å²) in [6.45, 7) is 0.569. The van der Waals surface area contributed by atoms with Crippen LogP contribution in [0.25, 0.3) is 10.9 Å². The highest BCUT2D eigenvalue weighted by Gasteiger charge is 2.11. The molecule has 0 aliphatic carbocycles. The van der Waals surface area contributed by atoms with E-state index in [4.69, 9.17) is 16.3 Å². The van der Waals surface area contributed by atoms with Crippen LogP contribution in [0.15, 0.2) is 97.2 Å². The molecule has 0 aliphatic rings. The first-order valence-corrected chi connectivity index (χ1v) is 11.6. The zero-order valence-corrected chi connectivity index (χ0v) is 19.8. The van der Waals surface area contributed by atoms with Crippen LogP contribution in [0.5, 0.6) is 11.5 Å². The van der Waals surface area contributed by atoms with Gasteiger partial charge >= 0.3 is 0 Å². The minimum absolute atomic E-state index is 0.00213. The second-order valence-electron chi connectivity index (χ2n) is 8.06. The summed E-state index contributed by atoms with van der Waals surface area (Å²) in [5.41, 5.74) is 4.13. The molecule has 7 heteroatoms. The van der Waals surface area contributed by atoms with Gasteiger partial charge in [-0.15, -0.1) is 0 Å². The van der Waals surface area contributed by atoms with Gasteiger partial charge in [-0.1, -0.05) is 41.9 Å². The van der Waals surface area contributed by atoms with Gasteiger partial charge in [0, 0.05) is 29.5 Å². The molecule has 176 valence electrons. The normalized spacial score (nSPS) is 10.6. The molecule has 36 heavy (non-hydrogen) atoms. The van der Waals surface area contributed by atoms with Crippen molar-refractivity contribution in [3.8, 4) is 17.6 Å². The van der Waals surface area contributed by atoms with Gasteiger partial charge in [-0.3, -0.25) is 4.98 Å². The quantitative estimate of drug-likeness (QED) is 0.239. The van der Waals surface area contributed by atoms with Crippen molar-refractivity contribution >= 4 is 39.6 Å². The van der Waals surface area contributed by atoms with Crippen LogP contribution in [0.1, 0.15) is 11.1 Å². The van der Waals surface area contributed by atoms with Gasteiger partial charge < -0.3 is 15.4 Å². The van der Waals surface area contributed by atoms with Gasteiger partial charge in [0.1, 0.15) is 23.4 Å². The number of fused-ring (bicyclic) bond motifs is 1. The number of para-hydroxylation sites is 1. The number of nitrogens with one attached hydrogen (secondary N) is 2. The third-order valence-electron chi connectivity index (χ3n) is 5.55. The average molecular weight is 495 g/mol. The number of nitriles is 1. The topological polar surface area (TPSA) is 70.0 Å². The fraction of sp³-hybridized carbons (Fsp3) is 0.0345. The highest BCUT2D eigenvalue weighted by Crippen LogP contribution is 2.32. The van der Waals surface area contributed by atoms with Gasteiger partial charge in [0.05, 0.1) is 21.8 Å². The molecule has 4 aromatic carbocycles. The highest BCUT2D eigenvalue weighted by atomic mass is 35.5. The number of ether oxygens (including phenoxy) is 1. The Balaban J connectivity index is 1.39. The summed E-state index contributed by atoms with van der Waals surface area (Å²) in [7, 11) is 0. The monoisotopic (exact) mass is 494 g/mol. The van der Waals surface area contributed by atoms with Crippen molar-refractivity contribution in [3.05, 3.63) is 119 Å². The van der Waals surface area contributed by atoms with Gasteiger partial charge in [-0.05, 0) is 66.2 Å². The first kappa shape index (κ1) is 23.2. The van der Waals surface area contributed by atoms with Crippen LogP contribution < -0.4 is 15.4 Å². The third-order valence-corrected chi connectivity index (χ3v) is 5.84. The Morgan fingerprint density at radius 2 is 1.69 bits per heavy atom. The second kappa shape index (κ2) is 10.3. The summed E-state index contributed by atoms with van der Waals surface area (Å²) in [5, 5.41) is 17.0. The average Bonchev–Trinajstić information content (AvgIpc) is 2.90. The predicted octanol–water partition coefficient (Wildman–Crippen LogP) is 8.05. The van der Waals surface area contributed by atoms with Gasteiger partial charge in [-0.2, -0.15) is 5.26 Å².